The molecule has 1 aliphatic rings. The summed E-state index contributed by atoms with van der Waals surface area (Å²) >= 11 is 0. The molecule has 1 aromatic rings. The van der Waals surface area contributed by atoms with Crippen molar-refractivity contribution in [3.63, 3.8) is 0 Å². The van der Waals surface area contributed by atoms with E-state index >= 15 is 0 Å². The first-order valence-electron chi connectivity index (χ1n) is 6.68. The van der Waals surface area contributed by atoms with E-state index in [1.807, 2.05) is 0 Å². The van der Waals surface area contributed by atoms with Crippen LogP contribution in [0.2, 0.25) is 0 Å². The minimum absolute atomic E-state index is 0.665. The summed E-state index contributed by atoms with van der Waals surface area (Å²) in [5, 5.41) is 3.69. The Balaban J connectivity index is 2.00. The smallest absolute Gasteiger partial charge is 0.0713 e. The van der Waals surface area contributed by atoms with Crippen LogP contribution in [0.5, 0.6) is 0 Å². The van der Waals surface area contributed by atoms with E-state index in [0.717, 1.165) is 5.92 Å². The maximum Gasteiger partial charge on any atom is 0.0713 e. The molecular formula is C15H23NO. The first-order chi connectivity index (χ1) is 8.33. The number of hydrogen-bond acceptors (Lipinski definition) is 2. The fourth-order valence-electron chi connectivity index (χ4n) is 2.85. The van der Waals surface area contributed by atoms with Crippen LogP contribution in [0.4, 0.5) is 5.69 Å². The van der Waals surface area contributed by atoms with Gasteiger partial charge in [0.25, 0.3) is 0 Å². The molecule has 0 aromatic heterocycles. The minimum Gasteiger partial charge on any atom is -0.382 e. The Kier molecular flexibility index (Phi) is 4.43. The van der Waals surface area contributed by atoms with Gasteiger partial charge in [-0.2, -0.15) is 0 Å². The summed E-state index contributed by atoms with van der Waals surface area (Å²) < 4.78 is 5.17. The SMILES string of the molecule is CCC1CCCC1Nc1cccc(COC)c1. The molecule has 1 saturated carbocycles. The van der Waals surface area contributed by atoms with Crippen LogP contribution < -0.4 is 5.32 Å². The third kappa shape index (κ3) is 3.22. The molecule has 1 N–H and O–H groups in total. The second-order valence-electron chi connectivity index (χ2n) is 4.98. The molecule has 0 amide bonds. The van der Waals surface area contributed by atoms with Gasteiger partial charge >= 0.3 is 0 Å². The molecule has 2 rings (SSSR count). The highest BCUT2D eigenvalue weighted by Gasteiger charge is 2.25. The predicted octanol–water partition coefficient (Wildman–Crippen LogP) is 3.82. The summed E-state index contributed by atoms with van der Waals surface area (Å²) in [6.07, 6.45) is 5.35. The lowest BCUT2D eigenvalue weighted by Crippen LogP contribution is -2.23. The molecule has 1 aliphatic carbocycles. The fourth-order valence-corrected chi connectivity index (χ4v) is 2.85. The van der Waals surface area contributed by atoms with Gasteiger partial charge in [-0.3, -0.25) is 0 Å². The molecule has 2 atom stereocenters. The van der Waals surface area contributed by atoms with E-state index in [-0.39, 0.29) is 0 Å². The number of anilines is 1. The zero-order chi connectivity index (χ0) is 12.1. The summed E-state index contributed by atoms with van der Waals surface area (Å²) in [6.45, 7) is 2.99. The number of rotatable bonds is 5. The van der Waals surface area contributed by atoms with E-state index < -0.39 is 0 Å². The molecular weight excluding hydrogens is 210 g/mol. The maximum atomic E-state index is 5.17. The van der Waals surface area contributed by atoms with Crippen molar-refractivity contribution in [1.29, 1.82) is 0 Å². The molecule has 0 aliphatic heterocycles. The Hall–Kier alpha value is -1.02. The van der Waals surface area contributed by atoms with Gasteiger partial charge in [-0.1, -0.05) is 31.9 Å². The van der Waals surface area contributed by atoms with Gasteiger partial charge < -0.3 is 10.1 Å². The zero-order valence-corrected chi connectivity index (χ0v) is 10.9. The lowest BCUT2D eigenvalue weighted by molar-refractivity contribution is 0.185. The van der Waals surface area contributed by atoms with Crippen molar-refractivity contribution < 1.29 is 4.74 Å². The number of benzene rings is 1. The minimum atomic E-state index is 0.665. The second kappa shape index (κ2) is 6.06. The van der Waals surface area contributed by atoms with E-state index in [4.69, 9.17) is 4.74 Å². The van der Waals surface area contributed by atoms with Crippen molar-refractivity contribution in [2.45, 2.75) is 45.3 Å². The lowest BCUT2D eigenvalue weighted by Gasteiger charge is -2.21. The van der Waals surface area contributed by atoms with E-state index in [9.17, 15) is 0 Å². The van der Waals surface area contributed by atoms with Gasteiger partial charge in [0.15, 0.2) is 0 Å². The molecule has 0 heterocycles. The molecule has 0 bridgehead atoms. The molecule has 2 nitrogen and oxygen atoms in total. The van der Waals surface area contributed by atoms with Gasteiger partial charge in [0.05, 0.1) is 6.61 Å². The van der Waals surface area contributed by atoms with E-state index in [0.29, 0.717) is 12.6 Å². The van der Waals surface area contributed by atoms with Crippen LogP contribution in [0, 0.1) is 5.92 Å². The maximum absolute atomic E-state index is 5.17. The highest BCUT2D eigenvalue weighted by Crippen LogP contribution is 2.30. The average molecular weight is 233 g/mol. The van der Waals surface area contributed by atoms with Crippen LogP contribution in [0.15, 0.2) is 24.3 Å². The monoisotopic (exact) mass is 233 g/mol. The summed E-state index contributed by atoms with van der Waals surface area (Å²) in [7, 11) is 1.74. The van der Waals surface area contributed by atoms with Crippen LogP contribution in [-0.4, -0.2) is 13.2 Å². The summed E-state index contributed by atoms with van der Waals surface area (Å²) in [4.78, 5) is 0. The van der Waals surface area contributed by atoms with Crippen LogP contribution in [0.3, 0.4) is 0 Å². The van der Waals surface area contributed by atoms with Gasteiger partial charge in [0.1, 0.15) is 0 Å². The quantitative estimate of drug-likeness (QED) is 0.834. The van der Waals surface area contributed by atoms with Crippen molar-refractivity contribution in [1.82, 2.24) is 0 Å². The van der Waals surface area contributed by atoms with Crippen molar-refractivity contribution >= 4 is 5.69 Å². The summed E-state index contributed by atoms with van der Waals surface area (Å²) in [5.74, 6) is 0.848. The van der Waals surface area contributed by atoms with Gasteiger partial charge in [-0.15, -0.1) is 0 Å². The number of ether oxygens (including phenoxy) is 1. The Bertz CT molecular complexity index is 351. The van der Waals surface area contributed by atoms with Gasteiger partial charge in [-0.05, 0) is 36.5 Å². The average Bonchev–Trinajstić information content (AvgIpc) is 2.77. The molecule has 1 fully saturated rings. The highest BCUT2D eigenvalue weighted by molar-refractivity contribution is 5.46. The van der Waals surface area contributed by atoms with E-state index in [1.54, 1.807) is 7.11 Å². The van der Waals surface area contributed by atoms with E-state index in [2.05, 4.69) is 36.5 Å². The predicted molar refractivity (Wildman–Crippen MR) is 72.2 cm³/mol. The number of methoxy groups -OCH3 is 1. The highest BCUT2D eigenvalue weighted by atomic mass is 16.5. The second-order valence-corrected chi connectivity index (χ2v) is 4.98. The molecule has 0 saturated heterocycles. The first kappa shape index (κ1) is 12.4. The Morgan fingerprint density at radius 2 is 2.24 bits per heavy atom. The molecule has 0 spiro atoms. The van der Waals surface area contributed by atoms with Crippen molar-refractivity contribution in [2.75, 3.05) is 12.4 Å². The standard InChI is InChI=1S/C15H23NO/c1-3-13-7-5-9-15(13)16-14-8-4-6-12(10-14)11-17-2/h4,6,8,10,13,15-16H,3,5,7,9,11H2,1-2H3. The molecule has 2 unspecified atom stereocenters. The third-order valence-electron chi connectivity index (χ3n) is 3.77. The molecule has 0 radical (unpaired) electrons. The zero-order valence-electron chi connectivity index (χ0n) is 10.9. The van der Waals surface area contributed by atoms with Crippen LogP contribution in [-0.2, 0) is 11.3 Å². The Morgan fingerprint density at radius 1 is 1.35 bits per heavy atom. The molecule has 17 heavy (non-hydrogen) atoms. The van der Waals surface area contributed by atoms with Crippen LogP contribution in [0.25, 0.3) is 0 Å². The van der Waals surface area contributed by atoms with Gasteiger partial charge in [-0.25, -0.2) is 0 Å². The topological polar surface area (TPSA) is 21.3 Å². The number of nitrogens with one attached hydrogen (secondary N) is 1. The van der Waals surface area contributed by atoms with Crippen molar-refractivity contribution in [3.05, 3.63) is 29.8 Å². The normalized spacial score (nSPS) is 23.9. The number of hydrogen-bond donors (Lipinski definition) is 1. The van der Waals surface area contributed by atoms with Crippen molar-refractivity contribution in [3.8, 4) is 0 Å². The van der Waals surface area contributed by atoms with Crippen molar-refractivity contribution in [2.24, 2.45) is 5.92 Å². The summed E-state index contributed by atoms with van der Waals surface area (Å²) in [6, 6.07) is 9.24. The van der Waals surface area contributed by atoms with E-state index in [1.165, 1.54) is 36.9 Å². The largest absolute Gasteiger partial charge is 0.382 e. The fraction of sp³-hybridized carbons (Fsp3) is 0.600. The van der Waals surface area contributed by atoms with Gasteiger partial charge in [0.2, 0.25) is 0 Å². The molecule has 94 valence electrons. The Morgan fingerprint density at radius 3 is 3.00 bits per heavy atom. The lowest BCUT2D eigenvalue weighted by atomic mass is 10.0. The third-order valence-corrected chi connectivity index (χ3v) is 3.77. The Labute approximate surface area is 104 Å². The van der Waals surface area contributed by atoms with Gasteiger partial charge in [0, 0.05) is 18.8 Å². The van der Waals surface area contributed by atoms with Crippen LogP contribution >= 0.6 is 0 Å². The summed E-state index contributed by atoms with van der Waals surface area (Å²) in [5.41, 5.74) is 2.48. The van der Waals surface area contributed by atoms with Crippen LogP contribution in [0.1, 0.15) is 38.2 Å². The molecule has 1 aromatic carbocycles. The molecule has 2 heteroatoms. The first-order valence-corrected chi connectivity index (χ1v) is 6.68.